The molecule has 1 atom stereocenters. The molecule has 0 saturated heterocycles. The van der Waals surface area contributed by atoms with Gasteiger partial charge < -0.3 is 21.4 Å². The molecule has 3 rings (SSSR count). The lowest BCUT2D eigenvalue weighted by Crippen LogP contribution is -3.00. The van der Waals surface area contributed by atoms with Gasteiger partial charge in [0.05, 0.1) is 0 Å². The van der Waals surface area contributed by atoms with Crippen LogP contribution in [0.25, 0.3) is 0 Å². The van der Waals surface area contributed by atoms with Crippen molar-refractivity contribution in [3.8, 4) is 0 Å². The Hall–Kier alpha value is -1.25. The van der Waals surface area contributed by atoms with Crippen LogP contribution in [0.15, 0.2) is 91.0 Å². The fraction of sp³-hybridized carbons (Fsp3) is 0.333. The molecular weight excluding hydrogens is 479 g/mol. The standard InChI is InChI=1S/C27H36OPSi.BrH/c1-5-7-23-30(3,4)28-27(6-2)29(24-17-11-8-12-18-24,25-19-13-9-14-20-25)26-21-15-10-16-22-26;/h8-22,27H,5-7,23H2,1-4H3;1H/q+1;/p-1. The summed E-state index contributed by atoms with van der Waals surface area (Å²) in [5, 5.41) is 4.23. The van der Waals surface area contributed by atoms with Crippen molar-refractivity contribution in [1.82, 2.24) is 0 Å². The predicted molar refractivity (Wildman–Crippen MR) is 138 cm³/mol. The Morgan fingerprint density at radius 3 is 1.42 bits per heavy atom. The molecule has 0 amide bonds. The van der Waals surface area contributed by atoms with Crippen LogP contribution in [0.3, 0.4) is 0 Å². The minimum Gasteiger partial charge on any atom is -1.00 e. The van der Waals surface area contributed by atoms with Crippen molar-refractivity contribution in [1.29, 1.82) is 0 Å². The Kier molecular flexibility index (Phi) is 10.2. The molecule has 31 heavy (non-hydrogen) atoms. The van der Waals surface area contributed by atoms with E-state index >= 15 is 0 Å². The van der Waals surface area contributed by atoms with Crippen molar-refractivity contribution in [2.75, 3.05) is 0 Å². The third-order valence-electron chi connectivity index (χ3n) is 5.86. The summed E-state index contributed by atoms with van der Waals surface area (Å²) in [7, 11) is -3.77. The SMILES string of the molecule is CCCC[Si](C)(C)OC(CC)[P+](c1ccccc1)(c1ccccc1)c1ccccc1.[Br-]. The van der Waals surface area contributed by atoms with Crippen molar-refractivity contribution in [3.63, 3.8) is 0 Å². The van der Waals surface area contributed by atoms with Gasteiger partial charge in [0.1, 0.15) is 23.2 Å². The van der Waals surface area contributed by atoms with E-state index in [2.05, 4.69) is 118 Å². The molecule has 0 aromatic heterocycles. The molecule has 0 radical (unpaired) electrons. The van der Waals surface area contributed by atoms with Crippen LogP contribution in [0.5, 0.6) is 0 Å². The summed E-state index contributed by atoms with van der Waals surface area (Å²) in [4.78, 5) is 0. The van der Waals surface area contributed by atoms with Gasteiger partial charge in [0.25, 0.3) is 0 Å². The average molecular weight is 516 g/mol. The molecule has 3 aromatic rings. The van der Waals surface area contributed by atoms with Gasteiger partial charge in [0.15, 0.2) is 14.2 Å². The Morgan fingerprint density at radius 2 is 1.10 bits per heavy atom. The second-order valence-corrected chi connectivity index (χ2v) is 16.4. The van der Waals surface area contributed by atoms with E-state index in [-0.39, 0.29) is 22.8 Å². The normalized spacial score (nSPS) is 12.8. The second kappa shape index (κ2) is 12.1. The fourth-order valence-corrected chi connectivity index (χ4v) is 12.5. The molecule has 0 fully saturated rings. The molecule has 0 bridgehead atoms. The summed E-state index contributed by atoms with van der Waals surface area (Å²) >= 11 is 0. The van der Waals surface area contributed by atoms with E-state index in [1.807, 2.05) is 0 Å². The highest BCUT2D eigenvalue weighted by Crippen LogP contribution is 2.61. The summed E-state index contributed by atoms with van der Waals surface area (Å²) in [5.74, 6) is 0.184. The minimum absolute atomic E-state index is 0. The van der Waals surface area contributed by atoms with Gasteiger partial charge in [-0.25, -0.2) is 0 Å². The van der Waals surface area contributed by atoms with Crippen molar-refractivity contribution < 1.29 is 21.4 Å². The van der Waals surface area contributed by atoms with Crippen LogP contribution < -0.4 is 32.9 Å². The number of hydrogen-bond donors (Lipinski definition) is 0. The third kappa shape index (κ3) is 5.96. The Bertz CT molecular complexity index is 790. The lowest BCUT2D eigenvalue weighted by atomic mass is 10.3. The molecule has 166 valence electrons. The van der Waals surface area contributed by atoms with Crippen molar-refractivity contribution in [3.05, 3.63) is 91.0 Å². The molecule has 4 heteroatoms. The van der Waals surface area contributed by atoms with Crippen molar-refractivity contribution in [2.45, 2.75) is 58.1 Å². The van der Waals surface area contributed by atoms with Gasteiger partial charge in [-0.15, -0.1) is 0 Å². The minimum atomic E-state index is -1.98. The molecule has 1 unspecified atom stereocenters. The first-order valence-electron chi connectivity index (χ1n) is 11.3. The van der Waals surface area contributed by atoms with Crippen LogP contribution in [-0.4, -0.2) is 14.2 Å². The average Bonchev–Trinajstić information content (AvgIpc) is 2.79. The first-order chi connectivity index (χ1) is 14.5. The van der Waals surface area contributed by atoms with Crippen LogP contribution in [0.2, 0.25) is 19.1 Å². The lowest BCUT2D eigenvalue weighted by Gasteiger charge is -2.38. The Labute approximate surface area is 201 Å². The van der Waals surface area contributed by atoms with E-state index in [9.17, 15) is 0 Å². The van der Waals surface area contributed by atoms with Gasteiger partial charge in [0, 0.05) is 6.42 Å². The highest BCUT2D eigenvalue weighted by atomic mass is 79.9. The van der Waals surface area contributed by atoms with Crippen molar-refractivity contribution in [2.24, 2.45) is 0 Å². The summed E-state index contributed by atoms with van der Waals surface area (Å²) in [5.41, 5.74) is 0. The molecule has 0 aliphatic heterocycles. The highest BCUT2D eigenvalue weighted by Gasteiger charge is 2.53. The maximum Gasteiger partial charge on any atom is 0.191 e. The zero-order valence-corrected chi connectivity index (χ0v) is 22.8. The second-order valence-electron chi connectivity index (χ2n) is 8.57. The van der Waals surface area contributed by atoms with Crippen LogP contribution in [-0.2, 0) is 4.43 Å². The highest BCUT2D eigenvalue weighted by molar-refractivity contribution is 7.96. The van der Waals surface area contributed by atoms with Crippen LogP contribution in [0.1, 0.15) is 33.1 Å². The maximum atomic E-state index is 7.21. The van der Waals surface area contributed by atoms with Gasteiger partial charge in [-0.05, 0) is 55.5 Å². The third-order valence-corrected chi connectivity index (χ3v) is 13.2. The molecule has 3 aromatic carbocycles. The molecule has 0 N–H and O–H groups in total. The van der Waals surface area contributed by atoms with Gasteiger partial charge in [-0.2, -0.15) is 0 Å². The van der Waals surface area contributed by atoms with Crippen LogP contribution >= 0.6 is 7.26 Å². The van der Waals surface area contributed by atoms with E-state index in [0.717, 1.165) is 6.42 Å². The summed E-state index contributed by atoms with van der Waals surface area (Å²) in [6.07, 6.45) is 3.49. The Balaban J connectivity index is 0.00000341. The van der Waals surface area contributed by atoms with Gasteiger partial charge in [-0.1, -0.05) is 81.3 Å². The summed E-state index contributed by atoms with van der Waals surface area (Å²) in [6.45, 7) is 9.39. The quantitative estimate of drug-likeness (QED) is 0.295. The van der Waals surface area contributed by atoms with Gasteiger partial charge in [0.2, 0.25) is 0 Å². The van der Waals surface area contributed by atoms with E-state index in [0.29, 0.717) is 0 Å². The van der Waals surface area contributed by atoms with E-state index in [4.69, 9.17) is 4.43 Å². The lowest BCUT2D eigenvalue weighted by molar-refractivity contribution is -0.00000734. The maximum absolute atomic E-state index is 7.21. The number of unbranched alkanes of at least 4 members (excludes halogenated alkanes) is 1. The first kappa shape index (κ1) is 26.0. The van der Waals surface area contributed by atoms with Crippen LogP contribution in [0, 0.1) is 0 Å². The summed E-state index contributed by atoms with van der Waals surface area (Å²) < 4.78 is 7.21. The predicted octanol–water partition coefficient (Wildman–Crippen LogP) is 3.74. The van der Waals surface area contributed by atoms with Crippen LogP contribution in [0.4, 0.5) is 0 Å². The number of hydrogen-bond acceptors (Lipinski definition) is 1. The summed E-state index contributed by atoms with van der Waals surface area (Å²) in [6, 6.07) is 34.6. The zero-order valence-electron chi connectivity index (χ0n) is 19.3. The molecule has 0 aliphatic carbocycles. The van der Waals surface area contributed by atoms with E-state index < -0.39 is 15.6 Å². The molecule has 0 spiro atoms. The molecule has 0 saturated carbocycles. The molecule has 0 aliphatic rings. The zero-order chi connectivity index (χ0) is 21.5. The Morgan fingerprint density at radius 1 is 0.710 bits per heavy atom. The fourth-order valence-electron chi connectivity index (χ4n) is 4.40. The van der Waals surface area contributed by atoms with E-state index in [1.165, 1.54) is 34.8 Å². The number of rotatable bonds is 10. The largest absolute Gasteiger partial charge is 1.00 e. The molecule has 1 nitrogen and oxygen atoms in total. The van der Waals surface area contributed by atoms with Gasteiger partial charge in [-0.3, -0.25) is 0 Å². The van der Waals surface area contributed by atoms with Crippen molar-refractivity contribution >= 4 is 31.5 Å². The first-order valence-corrected chi connectivity index (χ1v) is 16.3. The monoisotopic (exact) mass is 514 g/mol. The number of benzene rings is 3. The van der Waals surface area contributed by atoms with E-state index in [1.54, 1.807) is 0 Å². The molecule has 0 heterocycles. The topological polar surface area (TPSA) is 9.23 Å². The number of halogens is 1. The molecular formula is C27H36BrOPSi. The smallest absolute Gasteiger partial charge is 0.191 e. The van der Waals surface area contributed by atoms with Gasteiger partial charge >= 0.3 is 0 Å².